The second-order valence-electron chi connectivity index (χ2n) is 5.33. The highest BCUT2D eigenvalue weighted by molar-refractivity contribution is 5.58. The van der Waals surface area contributed by atoms with E-state index in [4.69, 9.17) is 14.0 Å². The summed E-state index contributed by atoms with van der Waals surface area (Å²) in [4.78, 5) is 0. The molecule has 2 aliphatic heterocycles. The average Bonchev–Trinajstić information content (AvgIpc) is 3.13. The van der Waals surface area contributed by atoms with Gasteiger partial charge in [-0.1, -0.05) is 35.5 Å². The largest absolute Gasteiger partial charge is 0.377 e. The standard InChI is InChI=1S/C15H15NO4/c17-15(7-6-11-9-18-14(15)19-11)13-8-12(16-20-13)10-4-2-1-3-5-10/h1-5,8,11,14,17H,6-7,9H2/t11-,14-,15-/m0/s1. The Balaban J connectivity index is 1.68. The Hall–Kier alpha value is -1.69. The first kappa shape index (κ1) is 12.1. The van der Waals surface area contributed by atoms with E-state index in [1.165, 1.54) is 0 Å². The molecule has 3 atom stereocenters. The Kier molecular flexibility index (Phi) is 2.66. The first-order valence-corrected chi connectivity index (χ1v) is 6.78. The van der Waals surface area contributed by atoms with Crippen LogP contribution in [-0.2, 0) is 15.1 Å². The molecule has 0 saturated carbocycles. The summed E-state index contributed by atoms with van der Waals surface area (Å²) in [5, 5.41) is 14.8. The van der Waals surface area contributed by atoms with Crippen molar-refractivity contribution in [1.82, 2.24) is 5.16 Å². The maximum atomic E-state index is 10.8. The number of rotatable bonds is 2. The van der Waals surface area contributed by atoms with E-state index >= 15 is 0 Å². The van der Waals surface area contributed by atoms with Gasteiger partial charge in [-0.05, 0) is 12.8 Å². The molecule has 2 aliphatic rings. The van der Waals surface area contributed by atoms with Gasteiger partial charge in [0.15, 0.2) is 17.7 Å². The van der Waals surface area contributed by atoms with Crippen LogP contribution in [0.2, 0.25) is 0 Å². The van der Waals surface area contributed by atoms with E-state index in [1.54, 1.807) is 6.07 Å². The summed E-state index contributed by atoms with van der Waals surface area (Å²) in [5.74, 6) is 0.404. The Morgan fingerprint density at radius 1 is 1.25 bits per heavy atom. The maximum Gasteiger partial charge on any atom is 0.194 e. The molecular formula is C15H15NO4. The summed E-state index contributed by atoms with van der Waals surface area (Å²) in [5.41, 5.74) is 0.412. The fourth-order valence-corrected chi connectivity index (χ4v) is 2.81. The van der Waals surface area contributed by atoms with Crippen LogP contribution in [0, 0.1) is 0 Å². The van der Waals surface area contributed by atoms with E-state index in [-0.39, 0.29) is 6.10 Å². The van der Waals surface area contributed by atoms with Crippen molar-refractivity contribution in [2.75, 3.05) is 6.61 Å². The minimum absolute atomic E-state index is 0.0943. The van der Waals surface area contributed by atoms with Gasteiger partial charge >= 0.3 is 0 Å². The summed E-state index contributed by atoms with van der Waals surface area (Å²) in [7, 11) is 0. The Labute approximate surface area is 116 Å². The van der Waals surface area contributed by atoms with Gasteiger partial charge in [0.2, 0.25) is 0 Å². The molecule has 1 N–H and O–H groups in total. The number of hydrogen-bond donors (Lipinski definition) is 1. The summed E-state index contributed by atoms with van der Waals surface area (Å²) >= 11 is 0. The van der Waals surface area contributed by atoms with Crippen molar-refractivity contribution in [3.05, 3.63) is 42.2 Å². The van der Waals surface area contributed by atoms with E-state index in [0.717, 1.165) is 12.0 Å². The maximum absolute atomic E-state index is 10.8. The Bertz CT molecular complexity index is 611. The molecular weight excluding hydrogens is 258 g/mol. The molecule has 0 unspecified atom stereocenters. The molecule has 3 heterocycles. The number of ether oxygens (including phenoxy) is 2. The highest BCUT2D eigenvalue weighted by Crippen LogP contribution is 2.42. The molecule has 2 saturated heterocycles. The van der Waals surface area contributed by atoms with Gasteiger partial charge in [0, 0.05) is 11.6 Å². The van der Waals surface area contributed by atoms with Crippen LogP contribution in [0.4, 0.5) is 0 Å². The summed E-state index contributed by atoms with van der Waals surface area (Å²) in [6, 6.07) is 11.5. The second kappa shape index (κ2) is 4.41. The zero-order valence-corrected chi connectivity index (χ0v) is 10.9. The smallest absolute Gasteiger partial charge is 0.194 e. The van der Waals surface area contributed by atoms with Crippen LogP contribution >= 0.6 is 0 Å². The molecule has 2 bridgehead atoms. The minimum Gasteiger partial charge on any atom is -0.377 e. The number of benzene rings is 1. The third-order valence-corrected chi connectivity index (χ3v) is 3.99. The van der Waals surface area contributed by atoms with Crippen LogP contribution in [0.15, 0.2) is 40.9 Å². The monoisotopic (exact) mass is 273 g/mol. The number of hydrogen-bond acceptors (Lipinski definition) is 5. The zero-order chi connectivity index (χ0) is 13.6. The lowest BCUT2D eigenvalue weighted by atomic mass is 9.90. The lowest BCUT2D eigenvalue weighted by molar-refractivity contribution is -0.225. The summed E-state index contributed by atoms with van der Waals surface area (Å²) in [6.45, 7) is 0.534. The van der Waals surface area contributed by atoms with Gasteiger partial charge in [0.05, 0.1) is 12.7 Å². The molecule has 0 radical (unpaired) electrons. The van der Waals surface area contributed by atoms with E-state index < -0.39 is 11.9 Å². The average molecular weight is 273 g/mol. The molecule has 20 heavy (non-hydrogen) atoms. The molecule has 104 valence electrons. The third kappa shape index (κ3) is 1.78. The number of nitrogens with zero attached hydrogens (tertiary/aromatic N) is 1. The van der Waals surface area contributed by atoms with Crippen LogP contribution < -0.4 is 0 Å². The van der Waals surface area contributed by atoms with Crippen LogP contribution in [0.3, 0.4) is 0 Å². The first-order valence-electron chi connectivity index (χ1n) is 6.78. The van der Waals surface area contributed by atoms with Crippen molar-refractivity contribution >= 4 is 0 Å². The van der Waals surface area contributed by atoms with Gasteiger partial charge in [-0.2, -0.15) is 0 Å². The van der Waals surface area contributed by atoms with Gasteiger partial charge in [-0.25, -0.2) is 0 Å². The van der Waals surface area contributed by atoms with Crippen molar-refractivity contribution in [3.8, 4) is 11.3 Å². The van der Waals surface area contributed by atoms with Gasteiger partial charge in [0.1, 0.15) is 5.69 Å². The highest BCUT2D eigenvalue weighted by atomic mass is 16.7. The quantitative estimate of drug-likeness (QED) is 0.907. The normalized spacial score (nSPS) is 32.5. The van der Waals surface area contributed by atoms with Crippen LogP contribution in [-0.4, -0.2) is 29.3 Å². The van der Waals surface area contributed by atoms with Crippen molar-refractivity contribution in [2.45, 2.75) is 30.8 Å². The number of aromatic nitrogens is 1. The van der Waals surface area contributed by atoms with E-state index in [9.17, 15) is 5.11 Å². The number of aliphatic hydroxyl groups is 1. The molecule has 0 amide bonds. The Morgan fingerprint density at radius 2 is 2.10 bits per heavy atom. The van der Waals surface area contributed by atoms with Crippen molar-refractivity contribution in [3.63, 3.8) is 0 Å². The fourth-order valence-electron chi connectivity index (χ4n) is 2.81. The van der Waals surface area contributed by atoms with E-state index in [0.29, 0.717) is 24.5 Å². The molecule has 4 rings (SSSR count). The fraction of sp³-hybridized carbons (Fsp3) is 0.400. The van der Waals surface area contributed by atoms with E-state index in [2.05, 4.69) is 5.16 Å². The molecule has 1 aromatic carbocycles. The molecule has 0 aliphatic carbocycles. The van der Waals surface area contributed by atoms with Crippen LogP contribution in [0.25, 0.3) is 11.3 Å². The van der Waals surface area contributed by atoms with E-state index in [1.807, 2.05) is 30.3 Å². The lowest BCUT2D eigenvalue weighted by Gasteiger charge is -2.33. The van der Waals surface area contributed by atoms with Crippen molar-refractivity contribution < 1.29 is 19.1 Å². The summed E-state index contributed by atoms with van der Waals surface area (Å²) in [6.07, 6.45) is 0.759. The third-order valence-electron chi connectivity index (χ3n) is 3.99. The zero-order valence-electron chi connectivity index (χ0n) is 10.9. The SMILES string of the molecule is O[C@]1(c2cc(-c3ccccc3)no2)CC[C@H]2CO[C@H]1O2. The molecule has 5 nitrogen and oxygen atoms in total. The highest BCUT2D eigenvalue weighted by Gasteiger charge is 2.51. The predicted octanol–water partition coefficient (Wildman–Crippen LogP) is 2.06. The molecule has 1 aromatic heterocycles. The summed E-state index contributed by atoms with van der Waals surface area (Å²) < 4.78 is 16.5. The molecule has 2 aromatic rings. The van der Waals surface area contributed by atoms with Gasteiger partial charge in [-0.15, -0.1) is 0 Å². The van der Waals surface area contributed by atoms with Crippen molar-refractivity contribution in [2.24, 2.45) is 0 Å². The number of fused-ring (bicyclic) bond motifs is 2. The lowest BCUT2D eigenvalue weighted by Crippen LogP contribution is -2.43. The van der Waals surface area contributed by atoms with Gasteiger partial charge in [0.25, 0.3) is 0 Å². The topological polar surface area (TPSA) is 64.7 Å². The molecule has 0 spiro atoms. The molecule has 2 fully saturated rings. The van der Waals surface area contributed by atoms with Gasteiger partial charge < -0.3 is 19.1 Å². The molecule has 5 heteroatoms. The van der Waals surface area contributed by atoms with Crippen LogP contribution in [0.1, 0.15) is 18.6 Å². The first-order chi connectivity index (χ1) is 9.75. The minimum atomic E-state index is -1.24. The second-order valence-corrected chi connectivity index (χ2v) is 5.33. The predicted molar refractivity (Wildman–Crippen MR) is 69.7 cm³/mol. The van der Waals surface area contributed by atoms with Crippen LogP contribution in [0.5, 0.6) is 0 Å². The van der Waals surface area contributed by atoms with Gasteiger partial charge in [-0.3, -0.25) is 0 Å². The van der Waals surface area contributed by atoms with Crippen molar-refractivity contribution in [1.29, 1.82) is 0 Å². The Morgan fingerprint density at radius 3 is 2.95 bits per heavy atom.